The van der Waals surface area contributed by atoms with Crippen molar-refractivity contribution in [3.05, 3.63) is 35.9 Å². The van der Waals surface area contributed by atoms with E-state index < -0.39 is 0 Å². The lowest BCUT2D eigenvalue weighted by Crippen LogP contribution is -2.12. The fourth-order valence-electron chi connectivity index (χ4n) is 1.99. The van der Waals surface area contributed by atoms with Gasteiger partial charge in [0.1, 0.15) is 0 Å². The monoisotopic (exact) mass is 179 g/mol. The minimum absolute atomic E-state index is 0.169. The van der Waals surface area contributed by atoms with Gasteiger partial charge in [0.25, 0.3) is 0 Å². The molecule has 1 N–H and O–H groups in total. The normalized spacial score (nSPS) is 27.8. The molecule has 2 heteroatoms. The third-order valence-electron chi connectivity index (χ3n) is 2.77. The summed E-state index contributed by atoms with van der Waals surface area (Å²) in [5, 5.41) is 3.23. The molecular formula is C11H14FN. The van der Waals surface area contributed by atoms with Crippen LogP contribution in [0.2, 0.25) is 0 Å². The maximum atomic E-state index is 12.6. The summed E-state index contributed by atoms with van der Waals surface area (Å²) in [6.45, 7) is 1.52. The van der Waals surface area contributed by atoms with Crippen LogP contribution >= 0.6 is 0 Å². The molecular weight excluding hydrogens is 165 g/mol. The minimum Gasteiger partial charge on any atom is -0.316 e. The van der Waals surface area contributed by atoms with Crippen LogP contribution in [0.3, 0.4) is 0 Å². The average molecular weight is 179 g/mol. The van der Waals surface area contributed by atoms with Gasteiger partial charge in [0, 0.05) is 24.9 Å². The summed E-state index contributed by atoms with van der Waals surface area (Å²) in [7, 11) is 0. The topological polar surface area (TPSA) is 12.0 Å². The van der Waals surface area contributed by atoms with Crippen LogP contribution in [0.1, 0.15) is 11.5 Å². The van der Waals surface area contributed by atoms with E-state index in [9.17, 15) is 4.39 Å². The van der Waals surface area contributed by atoms with E-state index in [1.54, 1.807) is 0 Å². The van der Waals surface area contributed by atoms with Gasteiger partial charge < -0.3 is 5.32 Å². The molecule has 1 aromatic rings. The number of benzene rings is 1. The van der Waals surface area contributed by atoms with Gasteiger partial charge in [-0.05, 0) is 5.56 Å². The number of halogens is 1. The van der Waals surface area contributed by atoms with Gasteiger partial charge in [0.05, 0.1) is 6.67 Å². The summed E-state index contributed by atoms with van der Waals surface area (Å²) in [6, 6.07) is 10.2. The Morgan fingerprint density at radius 1 is 1.23 bits per heavy atom. The van der Waals surface area contributed by atoms with Crippen LogP contribution in [0.15, 0.2) is 30.3 Å². The smallest absolute Gasteiger partial charge is 0.0941 e. The molecule has 1 aliphatic heterocycles. The van der Waals surface area contributed by atoms with E-state index in [0.717, 1.165) is 13.1 Å². The van der Waals surface area contributed by atoms with Crippen LogP contribution in [-0.2, 0) is 0 Å². The molecule has 0 aliphatic carbocycles. The van der Waals surface area contributed by atoms with E-state index >= 15 is 0 Å². The Kier molecular flexibility index (Phi) is 2.60. The highest BCUT2D eigenvalue weighted by Crippen LogP contribution is 2.27. The van der Waals surface area contributed by atoms with Gasteiger partial charge >= 0.3 is 0 Å². The Morgan fingerprint density at radius 3 is 2.69 bits per heavy atom. The predicted molar refractivity (Wildman–Crippen MR) is 51.5 cm³/mol. The molecule has 0 radical (unpaired) electrons. The molecule has 0 aromatic heterocycles. The highest BCUT2D eigenvalue weighted by atomic mass is 19.1. The van der Waals surface area contributed by atoms with Crippen molar-refractivity contribution in [3.8, 4) is 0 Å². The van der Waals surface area contributed by atoms with Crippen LogP contribution in [0.5, 0.6) is 0 Å². The van der Waals surface area contributed by atoms with Gasteiger partial charge in [0.15, 0.2) is 0 Å². The van der Waals surface area contributed by atoms with E-state index in [4.69, 9.17) is 0 Å². The molecule has 1 heterocycles. The summed E-state index contributed by atoms with van der Waals surface area (Å²) in [6.07, 6.45) is 0. The second-order valence-electron chi connectivity index (χ2n) is 3.59. The third kappa shape index (κ3) is 1.73. The average Bonchev–Trinajstić information content (AvgIpc) is 2.67. The Bertz CT molecular complexity index is 260. The summed E-state index contributed by atoms with van der Waals surface area (Å²) >= 11 is 0. The van der Waals surface area contributed by atoms with Gasteiger partial charge in [-0.2, -0.15) is 0 Å². The van der Waals surface area contributed by atoms with E-state index in [1.165, 1.54) is 5.56 Å². The summed E-state index contributed by atoms with van der Waals surface area (Å²) < 4.78 is 12.6. The Balaban J connectivity index is 2.16. The highest BCUT2D eigenvalue weighted by molar-refractivity contribution is 5.22. The largest absolute Gasteiger partial charge is 0.316 e. The van der Waals surface area contributed by atoms with E-state index in [2.05, 4.69) is 17.4 Å². The lowest BCUT2D eigenvalue weighted by molar-refractivity contribution is 0.358. The first-order chi connectivity index (χ1) is 6.42. The van der Waals surface area contributed by atoms with Crippen LogP contribution < -0.4 is 5.32 Å². The molecule has 1 aromatic carbocycles. The third-order valence-corrected chi connectivity index (χ3v) is 2.77. The van der Waals surface area contributed by atoms with Crippen molar-refractivity contribution >= 4 is 0 Å². The molecule has 2 unspecified atom stereocenters. The SMILES string of the molecule is FCC1CNCC1c1ccccc1. The van der Waals surface area contributed by atoms with E-state index in [1.807, 2.05) is 18.2 Å². The lowest BCUT2D eigenvalue weighted by Gasteiger charge is -2.15. The summed E-state index contributed by atoms with van der Waals surface area (Å²) in [5.41, 5.74) is 1.26. The molecule has 0 bridgehead atoms. The first kappa shape index (κ1) is 8.70. The molecule has 1 fully saturated rings. The first-order valence-electron chi connectivity index (χ1n) is 4.73. The molecule has 1 saturated heterocycles. The molecule has 2 rings (SSSR count). The van der Waals surface area contributed by atoms with Crippen molar-refractivity contribution in [1.82, 2.24) is 5.32 Å². The van der Waals surface area contributed by atoms with Crippen molar-refractivity contribution in [2.24, 2.45) is 5.92 Å². The Labute approximate surface area is 78.0 Å². The number of hydrogen-bond donors (Lipinski definition) is 1. The fourth-order valence-corrected chi connectivity index (χ4v) is 1.99. The molecule has 1 nitrogen and oxygen atoms in total. The first-order valence-corrected chi connectivity index (χ1v) is 4.73. The predicted octanol–water partition coefficient (Wildman–Crippen LogP) is 1.96. The molecule has 0 spiro atoms. The van der Waals surface area contributed by atoms with Crippen LogP contribution in [-0.4, -0.2) is 19.8 Å². The van der Waals surface area contributed by atoms with Crippen LogP contribution in [0.4, 0.5) is 4.39 Å². The van der Waals surface area contributed by atoms with Gasteiger partial charge in [-0.1, -0.05) is 30.3 Å². The van der Waals surface area contributed by atoms with Crippen molar-refractivity contribution < 1.29 is 4.39 Å². The van der Waals surface area contributed by atoms with Gasteiger partial charge in [0.2, 0.25) is 0 Å². The van der Waals surface area contributed by atoms with Crippen molar-refractivity contribution in [1.29, 1.82) is 0 Å². The molecule has 1 aliphatic rings. The zero-order valence-electron chi connectivity index (χ0n) is 7.54. The molecule has 2 atom stereocenters. The minimum atomic E-state index is -0.216. The fraction of sp³-hybridized carbons (Fsp3) is 0.455. The maximum Gasteiger partial charge on any atom is 0.0941 e. The zero-order chi connectivity index (χ0) is 9.10. The van der Waals surface area contributed by atoms with Gasteiger partial charge in [-0.25, -0.2) is 0 Å². The number of nitrogens with one attached hydrogen (secondary N) is 1. The van der Waals surface area contributed by atoms with Crippen molar-refractivity contribution in [2.75, 3.05) is 19.8 Å². The molecule has 0 saturated carbocycles. The molecule has 70 valence electrons. The highest BCUT2D eigenvalue weighted by Gasteiger charge is 2.27. The van der Waals surface area contributed by atoms with E-state index in [0.29, 0.717) is 5.92 Å². The van der Waals surface area contributed by atoms with Crippen LogP contribution in [0, 0.1) is 5.92 Å². The number of rotatable bonds is 2. The number of alkyl halides is 1. The molecule has 0 amide bonds. The second kappa shape index (κ2) is 3.88. The van der Waals surface area contributed by atoms with E-state index in [-0.39, 0.29) is 12.6 Å². The zero-order valence-corrected chi connectivity index (χ0v) is 7.54. The lowest BCUT2D eigenvalue weighted by atomic mass is 9.90. The standard InChI is InChI=1S/C11H14FN/c12-6-10-7-13-8-11(10)9-4-2-1-3-5-9/h1-5,10-11,13H,6-8H2. The van der Waals surface area contributed by atoms with Gasteiger partial charge in [-0.15, -0.1) is 0 Å². The maximum absolute atomic E-state index is 12.6. The Hall–Kier alpha value is -0.890. The summed E-state index contributed by atoms with van der Waals surface area (Å²) in [4.78, 5) is 0. The number of hydrogen-bond acceptors (Lipinski definition) is 1. The quantitative estimate of drug-likeness (QED) is 0.731. The Morgan fingerprint density at radius 2 is 2.00 bits per heavy atom. The van der Waals surface area contributed by atoms with Crippen molar-refractivity contribution in [3.63, 3.8) is 0 Å². The second-order valence-corrected chi connectivity index (χ2v) is 3.59. The summed E-state index contributed by atoms with van der Waals surface area (Å²) in [5.74, 6) is 0.536. The van der Waals surface area contributed by atoms with Gasteiger partial charge in [-0.3, -0.25) is 4.39 Å². The molecule has 13 heavy (non-hydrogen) atoms. The van der Waals surface area contributed by atoms with Crippen LogP contribution in [0.25, 0.3) is 0 Å². The van der Waals surface area contributed by atoms with Crippen molar-refractivity contribution in [2.45, 2.75) is 5.92 Å².